The van der Waals surface area contributed by atoms with Crippen LogP contribution < -0.4 is 4.90 Å². The largest absolute Gasteiger partial charge is 0.371 e. The Balaban J connectivity index is 2.26. The number of benzene rings is 1. The van der Waals surface area contributed by atoms with Crippen molar-refractivity contribution < 1.29 is 0 Å². The van der Waals surface area contributed by atoms with Crippen molar-refractivity contribution in [1.29, 1.82) is 5.26 Å². The SMILES string of the molecule is Cc1cc(C#N)ccc1N1CCC(C)C1. The first-order valence-corrected chi connectivity index (χ1v) is 5.46. The van der Waals surface area contributed by atoms with Crippen LogP contribution in [0.5, 0.6) is 0 Å². The van der Waals surface area contributed by atoms with E-state index >= 15 is 0 Å². The van der Waals surface area contributed by atoms with Crippen molar-refractivity contribution in [2.45, 2.75) is 20.3 Å². The smallest absolute Gasteiger partial charge is 0.0991 e. The molecule has 1 saturated heterocycles. The minimum absolute atomic E-state index is 0.753. The molecule has 15 heavy (non-hydrogen) atoms. The number of nitrogens with zero attached hydrogens (tertiary/aromatic N) is 2. The number of nitriles is 1. The summed E-state index contributed by atoms with van der Waals surface area (Å²) in [6.07, 6.45) is 1.28. The molecule has 1 aliphatic heterocycles. The van der Waals surface area contributed by atoms with E-state index in [-0.39, 0.29) is 0 Å². The zero-order valence-corrected chi connectivity index (χ0v) is 9.33. The zero-order valence-electron chi connectivity index (χ0n) is 9.33. The van der Waals surface area contributed by atoms with Crippen LogP contribution in [0.3, 0.4) is 0 Å². The molecule has 78 valence electrons. The van der Waals surface area contributed by atoms with Crippen molar-refractivity contribution in [3.63, 3.8) is 0 Å². The Hall–Kier alpha value is -1.49. The van der Waals surface area contributed by atoms with Crippen LogP contribution in [0, 0.1) is 24.2 Å². The third kappa shape index (κ3) is 1.97. The third-order valence-corrected chi connectivity index (χ3v) is 3.09. The van der Waals surface area contributed by atoms with Crippen molar-refractivity contribution in [2.24, 2.45) is 5.92 Å². The molecular weight excluding hydrogens is 184 g/mol. The highest BCUT2D eigenvalue weighted by molar-refractivity contribution is 5.56. The molecule has 1 aliphatic rings. The fraction of sp³-hybridized carbons (Fsp3) is 0.462. The average molecular weight is 200 g/mol. The van der Waals surface area contributed by atoms with Crippen molar-refractivity contribution >= 4 is 5.69 Å². The van der Waals surface area contributed by atoms with E-state index in [1.807, 2.05) is 12.1 Å². The molecule has 1 aromatic carbocycles. The van der Waals surface area contributed by atoms with Gasteiger partial charge >= 0.3 is 0 Å². The molecule has 0 N–H and O–H groups in total. The molecule has 0 aliphatic carbocycles. The minimum atomic E-state index is 0.753. The first kappa shape index (κ1) is 10.0. The van der Waals surface area contributed by atoms with Gasteiger partial charge in [0.2, 0.25) is 0 Å². The van der Waals surface area contributed by atoms with Gasteiger partial charge in [0.15, 0.2) is 0 Å². The van der Waals surface area contributed by atoms with Crippen LogP contribution in [-0.2, 0) is 0 Å². The zero-order chi connectivity index (χ0) is 10.8. The molecule has 1 aromatic rings. The summed E-state index contributed by atoms with van der Waals surface area (Å²) in [5.41, 5.74) is 3.25. The predicted octanol–water partition coefficient (Wildman–Crippen LogP) is 2.71. The van der Waals surface area contributed by atoms with Gasteiger partial charge in [0, 0.05) is 18.8 Å². The van der Waals surface area contributed by atoms with E-state index in [9.17, 15) is 0 Å². The normalized spacial score (nSPS) is 20.3. The second-order valence-electron chi connectivity index (χ2n) is 4.45. The number of hydrogen-bond donors (Lipinski definition) is 0. The predicted molar refractivity (Wildman–Crippen MR) is 61.9 cm³/mol. The van der Waals surface area contributed by atoms with Gasteiger partial charge in [-0.05, 0) is 43.0 Å². The number of hydrogen-bond acceptors (Lipinski definition) is 2. The summed E-state index contributed by atoms with van der Waals surface area (Å²) in [7, 11) is 0. The molecule has 2 heteroatoms. The van der Waals surface area contributed by atoms with E-state index in [2.05, 4.69) is 30.9 Å². The number of aryl methyl sites for hydroxylation is 1. The van der Waals surface area contributed by atoms with Gasteiger partial charge in [-0.3, -0.25) is 0 Å². The maximum Gasteiger partial charge on any atom is 0.0991 e. The molecule has 1 atom stereocenters. The Bertz CT molecular complexity index is 403. The molecule has 1 heterocycles. The topological polar surface area (TPSA) is 27.0 Å². The van der Waals surface area contributed by atoms with Crippen molar-refractivity contribution in [3.05, 3.63) is 29.3 Å². The number of rotatable bonds is 1. The van der Waals surface area contributed by atoms with Crippen molar-refractivity contribution in [3.8, 4) is 6.07 Å². The summed E-state index contributed by atoms with van der Waals surface area (Å²) < 4.78 is 0. The molecule has 0 saturated carbocycles. The minimum Gasteiger partial charge on any atom is -0.371 e. The fourth-order valence-electron chi connectivity index (χ4n) is 2.23. The monoisotopic (exact) mass is 200 g/mol. The average Bonchev–Trinajstić information content (AvgIpc) is 2.64. The van der Waals surface area contributed by atoms with Crippen molar-refractivity contribution in [2.75, 3.05) is 18.0 Å². The summed E-state index contributed by atoms with van der Waals surface area (Å²) in [6.45, 7) is 6.67. The van der Waals surface area contributed by atoms with E-state index in [1.165, 1.54) is 17.7 Å². The van der Waals surface area contributed by atoms with Gasteiger partial charge in [-0.2, -0.15) is 5.26 Å². The molecule has 1 unspecified atom stereocenters. The van der Waals surface area contributed by atoms with Crippen LogP contribution in [0.25, 0.3) is 0 Å². The maximum atomic E-state index is 8.80. The van der Waals surface area contributed by atoms with Gasteiger partial charge in [-0.25, -0.2) is 0 Å². The van der Waals surface area contributed by atoms with Gasteiger partial charge in [0.1, 0.15) is 0 Å². The first-order chi connectivity index (χ1) is 7.20. The molecule has 0 spiro atoms. The first-order valence-electron chi connectivity index (χ1n) is 5.46. The summed E-state index contributed by atoms with van der Waals surface area (Å²) in [5, 5.41) is 8.80. The quantitative estimate of drug-likeness (QED) is 0.697. The summed E-state index contributed by atoms with van der Waals surface area (Å²) in [5.74, 6) is 0.792. The van der Waals surface area contributed by atoms with E-state index in [0.29, 0.717) is 0 Å². The second-order valence-corrected chi connectivity index (χ2v) is 4.45. The van der Waals surface area contributed by atoms with E-state index in [0.717, 1.165) is 24.6 Å². The van der Waals surface area contributed by atoms with Crippen LogP contribution in [0.1, 0.15) is 24.5 Å². The lowest BCUT2D eigenvalue weighted by Crippen LogP contribution is -2.19. The molecule has 0 bridgehead atoms. The Kier molecular flexibility index (Phi) is 2.64. The summed E-state index contributed by atoms with van der Waals surface area (Å²) in [6, 6.07) is 8.13. The lowest BCUT2D eigenvalue weighted by atomic mass is 10.1. The lowest BCUT2D eigenvalue weighted by molar-refractivity contribution is 0.659. The Labute approximate surface area is 91.1 Å². The molecule has 2 rings (SSSR count). The standard InChI is InChI=1S/C13H16N2/c1-10-5-6-15(9-10)13-4-3-12(8-14)7-11(13)2/h3-4,7,10H,5-6,9H2,1-2H3. The Morgan fingerprint density at radius 2 is 2.27 bits per heavy atom. The molecular formula is C13H16N2. The van der Waals surface area contributed by atoms with Crippen LogP contribution in [0.15, 0.2) is 18.2 Å². The van der Waals surface area contributed by atoms with Gasteiger partial charge in [0.25, 0.3) is 0 Å². The molecule has 2 nitrogen and oxygen atoms in total. The van der Waals surface area contributed by atoms with Gasteiger partial charge in [-0.15, -0.1) is 0 Å². The summed E-state index contributed by atoms with van der Waals surface area (Å²) in [4.78, 5) is 2.42. The van der Waals surface area contributed by atoms with E-state index < -0.39 is 0 Å². The highest BCUT2D eigenvalue weighted by Crippen LogP contribution is 2.26. The highest BCUT2D eigenvalue weighted by atomic mass is 15.1. The van der Waals surface area contributed by atoms with E-state index in [4.69, 9.17) is 5.26 Å². The van der Waals surface area contributed by atoms with Crippen molar-refractivity contribution in [1.82, 2.24) is 0 Å². The van der Waals surface area contributed by atoms with Gasteiger partial charge < -0.3 is 4.90 Å². The Morgan fingerprint density at radius 1 is 1.47 bits per heavy atom. The molecule has 0 amide bonds. The maximum absolute atomic E-state index is 8.80. The van der Waals surface area contributed by atoms with Crippen LogP contribution in [0.2, 0.25) is 0 Å². The number of anilines is 1. The second kappa shape index (κ2) is 3.94. The van der Waals surface area contributed by atoms with Gasteiger partial charge in [0.05, 0.1) is 11.6 Å². The molecule has 1 fully saturated rings. The molecule has 0 aromatic heterocycles. The lowest BCUT2D eigenvalue weighted by Gasteiger charge is -2.20. The third-order valence-electron chi connectivity index (χ3n) is 3.09. The highest BCUT2D eigenvalue weighted by Gasteiger charge is 2.19. The van der Waals surface area contributed by atoms with Crippen LogP contribution in [-0.4, -0.2) is 13.1 Å². The van der Waals surface area contributed by atoms with E-state index in [1.54, 1.807) is 0 Å². The van der Waals surface area contributed by atoms with Crippen LogP contribution >= 0.6 is 0 Å². The van der Waals surface area contributed by atoms with Gasteiger partial charge in [-0.1, -0.05) is 6.92 Å². The fourth-order valence-corrected chi connectivity index (χ4v) is 2.23. The summed E-state index contributed by atoms with van der Waals surface area (Å²) >= 11 is 0. The molecule has 0 radical (unpaired) electrons. The Morgan fingerprint density at radius 3 is 2.80 bits per heavy atom. The van der Waals surface area contributed by atoms with Crippen LogP contribution in [0.4, 0.5) is 5.69 Å².